The van der Waals surface area contributed by atoms with Gasteiger partial charge >= 0.3 is 14.0 Å². The van der Waals surface area contributed by atoms with Crippen LogP contribution in [-0.4, -0.2) is 25.0 Å². The van der Waals surface area contributed by atoms with Crippen LogP contribution in [0.3, 0.4) is 0 Å². The van der Waals surface area contributed by atoms with E-state index in [1.165, 1.54) is 12.1 Å². The summed E-state index contributed by atoms with van der Waals surface area (Å²) in [7, 11) is -4.44. The van der Waals surface area contributed by atoms with Crippen molar-refractivity contribution >= 4 is 13.6 Å². The van der Waals surface area contributed by atoms with Gasteiger partial charge in [-0.2, -0.15) is 23.7 Å². The third kappa shape index (κ3) is 7.21. The number of alkyl halides is 3. The lowest BCUT2D eigenvalue weighted by atomic mass is 9.71. The number of hydrogen-bond donors (Lipinski definition) is 0. The van der Waals surface area contributed by atoms with E-state index >= 15 is 0 Å². The molecule has 0 N–H and O–H groups in total. The topological polar surface area (TPSA) is 128 Å². The van der Waals surface area contributed by atoms with Gasteiger partial charge in [0.15, 0.2) is 0 Å². The molecule has 0 amide bonds. The molecule has 1 aromatic heterocycles. The first kappa shape index (κ1) is 30.2. The maximum absolute atomic E-state index is 13.5. The van der Waals surface area contributed by atoms with E-state index in [4.69, 9.17) is 28.8 Å². The van der Waals surface area contributed by atoms with E-state index in [0.29, 0.717) is 24.0 Å². The van der Waals surface area contributed by atoms with Crippen LogP contribution in [0, 0.1) is 33.5 Å². The Balaban J connectivity index is 2.17. The van der Waals surface area contributed by atoms with E-state index in [9.17, 15) is 17.7 Å². The molecule has 0 radical (unpaired) electrons. The first-order valence-corrected chi connectivity index (χ1v) is 13.5. The molecular weight excluding hydrogens is 538 g/mol. The van der Waals surface area contributed by atoms with Crippen molar-refractivity contribution in [2.75, 3.05) is 19.8 Å². The minimum atomic E-state index is -4.78. The van der Waals surface area contributed by atoms with Crippen LogP contribution in [0.25, 0.3) is 17.0 Å². The first-order chi connectivity index (χ1) is 18.1. The SMILES string of the molecule is CC(C)(C)C1=C(c2ccc(-c3cc(C(F)(F)F)on3)c(OP(=O)(OCCC#N)OCCC#N)c2)OCC1(C)C. The minimum absolute atomic E-state index is 0.0150. The molecule has 2 heterocycles. The maximum atomic E-state index is 13.5. The van der Waals surface area contributed by atoms with Gasteiger partial charge in [-0.05, 0) is 23.1 Å². The number of phosphoric acid groups is 1. The van der Waals surface area contributed by atoms with Gasteiger partial charge in [0.1, 0.15) is 17.2 Å². The number of halogens is 3. The number of rotatable bonds is 10. The third-order valence-corrected chi connectivity index (χ3v) is 7.10. The summed E-state index contributed by atoms with van der Waals surface area (Å²) in [4.78, 5) is 0. The molecular formula is C26H29F3N3O6P. The Labute approximate surface area is 224 Å². The molecule has 0 saturated heterocycles. The number of ether oxygens (including phenoxy) is 1. The van der Waals surface area contributed by atoms with E-state index in [1.807, 2.05) is 46.8 Å². The fourth-order valence-electron chi connectivity index (χ4n) is 4.39. The molecule has 210 valence electrons. The van der Waals surface area contributed by atoms with Crippen molar-refractivity contribution in [2.45, 2.75) is 53.6 Å². The summed E-state index contributed by atoms with van der Waals surface area (Å²) in [6.45, 7) is 9.98. The van der Waals surface area contributed by atoms with E-state index in [-0.39, 0.29) is 53.9 Å². The van der Waals surface area contributed by atoms with E-state index < -0.39 is 19.8 Å². The molecule has 0 bridgehead atoms. The predicted octanol–water partition coefficient (Wildman–Crippen LogP) is 7.52. The van der Waals surface area contributed by atoms with Gasteiger partial charge < -0.3 is 13.8 Å². The number of aromatic nitrogens is 1. The van der Waals surface area contributed by atoms with Gasteiger partial charge in [-0.3, -0.25) is 9.05 Å². The van der Waals surface area contributed by atoms with Crippen LogP contribution in [0.1, 0.15) is 58.8 Å². The van der Waals surface area contributed by atoms with Crippen molar-refractivity contribution in [1.82, 2.24) is 5.16 Å². The number of hydrogen-bond acceptors (Lipinski definition) is 9. The summed E-state index contributed by atoms with van der Waals surface area (Å²) < 4.78 is 79.9. The maximum Gasteiger partial charge on any atom is 0.530 e. The van der Waals surface area contributed by atoms with Crippen molar-refractivity contribution < 1.29 is 40.6 Å². The first-order valence-electron chi connectivity index (χ1n) is 12.0. The summed E-state index contributed by atoms with van der Waals surface area (Å²) in [5.74, 6) is -0.948. The van der Waals surface area contributed by atoms with E-state index in [1.54, 1.807) is 6.07 Å². The Bertz CT molecular complexity index is 1340. The molecule has 1 aromatic carbocycles. The van der Waals surface area contributed by atoms with Gasteiger partial charge in [-0.25, -0.2) is 4.57 Å². The normalized spacial score (nSPS) is 15.5. The number of phosphoric ester groups is 1. The quantitative estimate of drug-likeness (QED) is 0.211. The highest BCUT2D eigenvalue weighted by atomic mass is 31.2. The van der Waals surface area contributed by atoms with Crippen LogP contribution < -0.4 is 4.52 Å². The molecule has 9 nitrogen and oxygen atoms in total. The van der Waals surface area contributed by atoms with Crippen LogP contribution in [0.5, 0.6) is 5.75 Å². The largest absolute Gasteiger partial charge is 0.530 e. The predicted molar refractivity (Wildman–Crippen MR) is 134 cm³/mol. The Hall–Kier alpha value is -3.31. The minimum Gasteiger partial charge on any atom is -0.492 e. The Morgan fingerprint density at radius 2 is 1.69 bits per heavy atom. The lowest BCUT2D eigenvalue weighted by Gasteiger charge is -2.31. The summed E-state index contributed by atoms with van der Waals surface area (Å²) in [5.41, 5.74) is 0.705. The molecule has 0 unspecified atom stereocenters. The zero-order chi connectivity index (χ0) is 29.1. The van der Waals surface area contributed by atoms with Crippen LogP contribution in [-0.2, 0) is 24.5 Å². The average Bonchev–Trinajstić information content (AvgIpc) is 3.44. The molecule has 0 aliphatic carbocycles. The summed E-state index contributed by atoms with van der Waals surface area (Å²) in [5, 5.41) is 21.2. The van der Waals surface area contributed by atoms with Crippen LogP contribution >= 0.6 is 7.82 Å². The Kier molecular flexibility index (Phi) is 8.86. The van der Waals surface area contributed by atoms with Gasteiger partial charge in [-0.15, -0.1) is 0 Å². The van der Waals surface area contributed by atoms with Gasteiger partial charge in [0.05, 0.1) is 44.8 Å². The summed E-state index contributed by atoms with van der Waals surface area (Å²) in [6.07, 6.45) is -5.05. The van der Waals surface area contributed by atoms with Crippen molar-refractivity contribution in [3.8, 4) is 29.1 Å². The molecule has 0 fully saturated rings. The molecule has 39 heavy (non-hydrogen) atoms. The second kappa shape index (κ2) is 11.4. The molecule has 1 aliphatic heterocycles. The second-order valence-corrected chi connectivity index (χ2v) is 12.0. The zero-order valence-corrected chi connectivity index (χ0v) is 23.1. The molecule has 2 aromatic rings. The number of benzene rings is 1. The number of nitrogens with zero attached hydrogens (tertiary/aromatic N) is 3. The highest BCUT2D eigenvalue weighted by Gasteiger charge is 2.42. The Morgan fingerprint density at radius 1 is 1.08 bits per heavy atom. The summed E-state index contributed by atoms with van der Waals surface area (Å²) >= 11 is 0. The van der Waals surface area contributed by atoms with Crippen LogP contribution in [0.2, 0.25) is 0 Å². The monoisotopic (exact) mass is 567 g/mol. The molecule has 0 spiro atoms. The fourth-order valence-corrected chi connectivity index (χ4v) is 5.59. The zero-order valence-electron chi connectivity index (χ0n) is 22.2. The van der Waals surface area contributed by atoms with E-state index in [2.05, 4.69) is 9.68 Å². The van der Waals surface area contributed by atoms with Crippen molar-refractivity contribution in [1.29, 1.82) is 10.5 Å². The van der Waals surface area contributed by atoms with Crippen LogP contribution in [0.4, 0.5) is 13.2 Å². The van der Waals surface area contributed by atoms with Gasteiger partial charge in [0.2, 0.25) is 5.76 Å². The Morgan fingerprint density at radius 3 is 2.21 bits per heavy atom. The molecule has 3 rings (SSSR count). The lowest BCUT2D eigenvalue weighted by molar-refractivity contribution is -0.155. The molecule has 13 heteroatoms. The number of nitriles is 2. The van der Waals surface area contributed by atoms with Gasteiger partial charge in [-0.1, -0.05) is 45.8 Å². The standard InChI is InChI=1S/C26H29F3N3O6P/c1-24(2,3)23-22(34-16-25(23,4)5)17-8-9-18(19-15-21(37-32-19)26(27,28)29)20(14-17)38-39(33,35-12-6-10-30)36-13-7-11-31/h8-9,14-15H,6-7,12-13,16H2,1-5H3. The van der Waals surface area contributed by atoms with Crippen molar-refractivity contribution in [3.63, 3.8) is 0 Å². The van der Waals surface area contributed by atoms with Crippen molar-refractivity contribution in [2.24, 2.45) is 10.8 Å². The smallest absolute Gasteiger partial charge is 0.492 e. The highest BCUT2D eigenvalue weighted by Crippen LogP contribution is 2.54. The molecule has 0 atom stereocenters. The average molecular weight is 568 g/mol. The van der Waals surface area contributed by atoms with Crippen molar-refractivity contribution in [3.05, 3.63) is 41.2 Å². The van der Waals surface area contributed by atoms with E-state index in [0.717, 1.165) is 5.57 Å². The van der Waals surface area contributed by atoms with Crippen LogP contribution in [0.15, 0.2) is 34.4 Å². The second-order valence-electron chi connectivity index (χ2n) is 10.4. The summed E-state index contributed by atoms with van der Waals surface area (Å²) in [6, 6.07) is 8.89. The molecule has 1 aliphatic rings. The third-order valence-electron chi connectivity index (χ3n) is 5.68. The van der Waals surface area contributed by atoms with Gasteiger partial charge in [0.25, 0.3) is 0 Å². The highest BCUT2D eigenvalue weighted by molar-refractivity contribution is 7.48. The van der Waals surface area contributed by atoms with Gasteiger partial charge in [0, 0.05) is 22.6 Å². The lowest BCUT2D eigenvalue weighted by Crippen LogP contribution is -2.24. The molecule has 0 saturated carbocycles. The fraction of sp³-hybridized carbons (Fsp3) is 0.500.